The highest BCUT2D eigenvalue weighted by molar-refractivity contribution is 9.10. The Labute approximate surface area is 121 Å². The lowest BCUT2D eigenvalue weighted by atomic mass is 10.1. The summed E-state index contributed by atoms with van der Waals surface area (Å²) in [6, 6.07) is 4.26. The summed E-state index contributed by atoms with van der Waals surface area (Å²) in [6.07, 6.45) is 0.430. The molecule has 2 amide bonds. The van der Waals surface area contributed by atoms with Gasteiger partial charge in [0.15, 0.2) is 0 Å². The maximum atomic E-state index is 12.4. The Hall–Kier alpha value is -2.09. The molecule has 1 fully saturated rings. The van der Waals surface area contributed by atoms with Crippen molar-refractivity contribution in [3.63, 3.8) is 0 Å². The number of carbonyl (C=O) groups excluding carboxylic acids is 2. The van der Waals surface area contributed by atoms with Gasteiger partial charge in [0.1, 0.15) is 11.6 Å². The largest absolute Gasteiger partial charge is 0.295 e. The molecule has 102 valence electrons. The maximum Gasteiger partial charge on any atom is 0.278 e. The molecule has 1 saturated heterocycles. The second kappa shape index (κ2) is 4.78. The molecule has 1 unspecified atom stereocenters. The van der Waals surface area contributed by atoms with Crippen LogP contribution in [0.4, 0.5) is 0 Å². The highest BCUT2D eigenvalue weighted by atomic mass is 79.9. The minimum absolute atomic E-state index is 0.182. The SMILES string of the molecule is O=C1CCC(n2nnc3ccc(Br)cc3c2=O)C(=O)N1. The van der Waals surface area contributed by atoms with Gasteiger partial charge >= 0.3 is 0 Å². The molecule has 3 rings (SSSR count). The van der Waals surface area contributed by atoms with Crippen LogP contribution in [0.25, 0.3) is 10.9 Å². The monoisotopic (exact) mass is 336 g/mol. The van der Waals surface area contributed by atoms with E-state index in [1.165, 1.54) is 0 Å². The first-order chi connectivity index (χ1) is 9.56. The van der Waals surface area contributed by atoms with Crippen molar-refractivity contribution in [2.75, 3.05) is 0 Å². The first kappa shape index (κ1) is 12.9. The zero-order valence-electron chi connectivity index (χ0n) is 10.2. The first-order valence-electron chi connectivity index (χ1n) is 5.95. The number of hydrogen-bond donors (Lipinski definition) is 1. The summed E-state index contributed by atoms with van der Waals surface area (Å²) in [7, 11) is 0. The van der Waals surface area contributed by atoms with E-state index in [9.17, 15) is 14.4 Å². The van der Waals surface area contributed by atoms with Crippen molar-refractivity contribution < 1.29 is 9.59 Å². The van der Waals surface area contributed by atoms with Gasteiger partial charge in [-0.2, -0.15) is 4.68 Å². The molecule has 0 bridgehead atoms. The molecule has 2 aromatic rings. The Balaban J connectivity index is 2.13. The van der Waals surface area contributed by atoms with Crippen LogP contribution in [0.2, 0.25) is 0 Å². The zero-order valence-corrected chi connectivity index (χ0v) is 11.8. The zero-order chi connectivity index (χ0) is 14.3. The lowest BCUT2D eigenvalue weighted by Crippen LogP contribution is -2.45. The number of fused-ring (bicyclic) bond motifs is 1. The Morgan fingerprint density at radius 3 is 2.85 bits per heavy atom. The first-order valence-corrected chi connectivity index (χ1v) is 6.74. The quantitative estimate of drug-likeness (QED) is 0.766. The standard InChI is InChI=1S/C12H9BrN4O3/c13-6-1-2-8-7(5-6)12(20)17(16-15-8)9-3-4-10(18)14-11(9)19/h1-2,5,9H,3-4H2,(H,14,18,19). The number of piperidine rings is 1. The number of nitrogens with zero attached hydrogens (tertiary/aromatic N) is 3. The predicted octanol–water partition coefficient (Wildman–Crippen LogP) is 0.532. The van der Waals surface area contributed by atoms with Gasteiger partial charge < -0.3 is 0 Å². The fraction of sp³-hybridized carbons (Fsp3) is 0.250. The molecular formula is C12H9BrN4O3. The molecule has 20 heavy (non-hydrogen) atoms. The van der Waals surface area contributed by atoms with Crippen LogP contribution in [0.15, 0.2) is 27.5 Å². The van der Waals surface area contributed by atoms with Crippen molar-refractivity contribution in [1.29, 1.82) is 0 Å². The van der Waals surface area contributed by atoms with Crippen LogP contribution in [0.3, 0.4) is 0 Å². The maximum absolute atomic E-state index is 12.4. The van der Waals surface area contributed by atoms with E-state index in [4.69, 9.17) is 0 Å². The molecule has 1 aliphatic rings. The molecule has 0 radical (unpaired) electrons. The van der Waals surface area contributed by atoms with E-state index < -0.39 is 17.5 Å². The van der Waals surface area contributed by atoms with Crippen molar-refractivity contribution >= 4 is 38.6 Å². The third-order valence-electron chi connectivity index (χ3n) is 3.15. The predicted molar refractivity (Wildman–Crippen MR) is 72.9 cm³/mol. The molecule has 2 heterocycles. The van der Waals surface area contributed by atoms with Gasteiger partial charge in [0.05, 0.1) is 5.39 Å². The number of imide groups is 1. The van der Waals surface area contributed by atoms with Gasteiger partial charge in [-0.15, -0.1) is 5.10 Å². The third kappa shape index (κ3) is 2.11. The van der Waals surface area contributed by atoms with Crippen LogP contribution >= 0.6 is 15.9 Å². The summed E-state index contributed by atoms with van der Waals surface area (Å²) in [6.45, 7) is 0. The molecule has 0 aliphatic carbocycles. The van der Waals surface area contributed by atoms with E-state index >= 15 is 0 Å². The summed E-state index contributed by atoms with van der Waals surface area (Å²) < 4.78 is 1.78. The number of rotatable bonds is 1. The minimum atomic E-state index is -0.795. The Morgan fingerprint density at radius 1 is 1.30 bits per heavy atom. The topological polar surface area (TPSA) is 93.9 Å². The highest BCUT2D eigenvalue weighted by Gasteiger charge is 2.30. The average molecular weight is 337 g/mol. The lowest BCUT2D eigenvalue weighted by Gasteiger charge is -2.21. The van der Waals surface area contributed by atoms with Crippen LogP contribution in [-0.2, 0) is 9.59 Å². The van der Waals surface area contributed by atoms with Crippen LogP contribution in [0.1, 0.15) is 18.9 Å². The number of aromatic nitrogens is 3. The van der Waals surface area contributed by atoms with E-state index in [1.54, 1.807) is 18.2 Å². The molecule has 1 N–H and O–H groups in total. The number of amides is 2. The van der Waals surface area contributed by atoms with Gasteiger partial charge in [-0.3, -0.25) is 19.7 Å². The molecule has 8 heteroatoms. The molecule has 7 nitrogen and oxygen atoms in total. The fourth-order valence-corrected chi connectivity index (χ4v) is 2.51. The van der Waals surface area contributed by atoms with E-state index in [2.05, 4.69) is 31.6 Å². The third-order valence-corrected chi connectivity index (χ3v) is 3.64. The Morgan fingerprint density at radius 2 is 2.10 bits per heavy atom. The molecule has 0 spiro atoms. The molecule has 0 saturated carbocycles. The van der Waals surface area contributed by atoms with Crippen molar-refractivity contribution in [3.05, 3.63) is 33.0 Å². The number of benzene rings is 1. The normalized spacial score (nSPS) is 19.1. The number of carbonyl (C=O) groups is 2. The van der Waals surface area contributed by atoms with Crippen LogP contribution in [0.5, 0.6) is 0 Å². The summed E-state index contributed by atoms with van der Waals surface area (Å²) in [4.78, 5) is 35.3. The summed E-state index contributed by atoms with van der Waals surface area (Å²) in [5, 5.41) is 10.3. The lowest BCUT2D eigenvalue weighted by molar-refractivity contribution is -0.136. The van der Waals surface area contributed by atoms with Crippen molar-refractivity contribution in [1.82, 2.24) is 20.3 Å². The van der Waals surface area contributed by atoms with Crippen LogP contribution in [-0.4, -0.2) is 26.8 Å². The van der Waals surface area contributed by atoms with Gasteiger partial charge in [0.2, 0.25) is 5.91 Å². The van der Waals surface area contributed by atoms with E-state index in [0.29, 0.717) is 10.9 Å². The van der Waals surface area contributed by atoms with Crippen molar-refractivity contribution in [3.8, 4) is 0 Å². The van der Waals surface area contributed by atoms with Gasteiger partial charge in [-0.25, -0.2) is 0 Å². The van der Waals surface area contributed by atoms with E-state index in [-0.39, 0.29) is 18.7 Å². The molecule has 1 aliphatic heterocycles. The summed E-state index contributed by atoms with van der Waals surface area (Å²) in [5.74, 6) is -0.859. The second-order valence-corrected chi connectivity index (χ2v) is 5.38. The van der Waals surface area contributed by atoms with Gasteiger partial charge in [-0.1, -0.05) is 21.1 Å². The molecular weight excluding hydrogens is 328 g/mol. The van der Waals surface area contributed by atoms with Gasteiger partial charge in [0.25, 0.3) is 11.5 Å². The van der Waals surface area contributed by atoms with Crippen molar-refractivity contribution in [2.45, 2.75) is 18.9 Å². The summed E-state index contributed by atoms with van der Waals surface area (Å²) in [5.41, 5.74) is 0.0625. The average Bonchev–Trinajstić information content (AvgIpc) is 2.41. The molecule has 1 aromatic heterocycles. The highest BCUT2D eigenvalue weighted by Crippen LogP contribution is 2.18. The smallest absolute Gasteiger partial charge is 0.278 e. The van der Waals surface area contributed by atoms with Crippen LogP contribution in [0, 0.1) is 0 Å². The number of halogens is 1. The number of hydrogen-bond acceptors (Lipinski definition) is 5. The van der Waals surface area contributed by atoms with Gasteiger partial charge in [0, 0.05) is 10.9 Å². The molecule has 1 atom stereocenters. The summed E-state index contributed by atoms with van der Waals surface area (Å²) >= 11 is 3.29. The Bertz CT molecular complexity index is 786. The fourth-order valence-electron chi connectivity index (χ4n) is 2.15. The van der Waals surface area contributed by atoms with Crippen molar-refractivity contribution in [2.24, 2.45) is 0 Å². The van der Waals surface area contributed by atoms with Gasteiger partial charge in [-0.05, 0) is 24.6 Å². The van der Waals surface area contributed by atoms with E-state index in [1.807, 2.05) is 0 Å². The Kier molecular flexibility index (Phi) is 3.09. The minimum Gasteiger partial charge on any atom is -0.295 e. The molecule has 1 aromatic carbocycles. The van der Waals surface area contributed by atoms with Crippen LogP contribution < -0.4 is 10.9 Å². The second-order valence-electron chi connectivity index (χ2n) is 4.47. The van der Waals surface area contributed by atoms with E-state index in [0.717, 1.165) is 9.15 Å². The number of nitrogens with one attached hydrogen (secondary N) is 1.